The Hall–Kier alpha value is -2.81. The molecule has 0 bridgehead atoms. The van der Waals surface area contributed by atoms with Crippen LogP contribution in [-0.4, -0.2) is 4.98 Å². The van der Waals surface area contributed by atoms with E-state index in [1.54, 1.807) is 6.26 Å². The highest BCUT2D eigenvalue weighted by Crippen LogP contribution is 2.31. The van der Waals surface area contributed by atoms with Gasteiger partial charge in [0.1, 0.15) is 11.3 Å². The maximum Gasteiger partial charge on any atom is 0.227 e. The van der Waals surface area contributed by atoms with Gasteiger partial charge in [0.2, 0.25) is 5.89 Å². The Morgan fingerprint density at radius 3 is 2.50 bits per heavy atom. The van der Waals surface area contributed by atoms with Crippen LogP contribution in [0.5, 0.6) is 0 Å². The van der Waals surface area contributed by atoms with Crippen molar-refractivity contribution in [2.45, 2.75) is 0 Å². The van der Waals surface area contributed by atoms with Crippen molar-refractivity contribution >= 4 is 11.1 Å². The molecule has 0 fully saturated rings. The van der Waals surface area contributed by atoms with Gasteiger partial charge in [-0.05, 0) is 36.4 Å². The van der Waals surface area contributed by atoms with Gasteiger partial charge in [0.15, 0.2) is 5.58 Å². The number of benzene rings is 2. The normalized spacial score (nSPS) is 11.0. The van der Waals surface area contributed by atoms with Crippen molar-refractivity contribution < 1.29 is 8.83 Å². The van der Waals surface area contributed by atoms with Crippen LogP contribution in [0.3, 0.4) is 0 Å². The Labute approximate surface area is 115 Å². The molecular formula is C17H11NO2. The molecule has 96 valence electrons. The van der Waals surface area contributed by atoms with Gasteiger partial charge in [-0.15, -0.1) is 0 Å². The monoisotopic (exact) mass is 261 g/mol. The zero-order chi connectivity index (χ0) is 13.4. The summed E-state index contributed by atoms with van der Waals surface area (Å²) in [7, 11) is 0. The first-order chi connectivity index (χ1) is 9.92. The summed E-state index contributed by atoms with van der Waals surface area (Å²) in [6.45, 7) is 0. The van der Waals surface area contributed by atoms with Gasteiger partial charge in [-0.3, -0.25) is 0 Å². The summed E-state index contributed by atoms with van der Waals surface area (Å²) in [4.78, 5) is 4.61. The lowest BCUT2D eigenvalue weighted by Gasteiger charge is -1.95. The van der Waals surface area contributed by atoms with Gasteiger partial charge in [-0.2, -0.15) is 0 Å². The number of hydrogen-bond acceptors (Lipinski definition) is 3. The summed E-state index contributed by atoms with van der Waals surface area (Å²) < 4.78 is 11.3. The third kappa shape index (κ3) is 1.72. The minimum absolute atomic E-state index is 0.625. The summed E-state index contributed by atoms with van der Waals surface area (Å²) >= 11 is 0. The topological polar surface area (TPSA) is 39.2 Å². The lowest BCUT2D eigenvalue weighted by atomic mass is 10.1. The van der Waals surface area contributed by atoms with Crippen molar-refractivity contribution in [3.05, 3.63) is 66.9 Å². The molecule has 4 aromatic rings. The average Bonchev–Trinajstić information content (AvgIpc) is 3.17. The van der Waals surface area contributed by atoms with Crippen molar-refractivity contribution in [3.8, 4) is 22.8 Å². The molecular weight excluding hydrogens is 250 g/mol. The summed E-state index contributed by atoms with van der Waals surface area (Å²) in [5, 5.41) is 0. The fourth-order valence-corrected chi connectivity index (χ4v) is 2.28. The van der Waals surface area contributed by atoms with Gasteiger partial charge in [0, 0.05) is 11.1 Å². The van der Waals surface area contributed by atoms with Crippen LogP contribution >= 0.6 is 0 Å². The van der Waals surface area contributed by atoms with Gasteiger partial charge in [-0.25, -0.2) is 4.98 Å². The fourth-order valence-electron chi connectivity index (χ4n) is 2.28. The quantitative estimate of drug-likeness (QED) is 0.522. The van der Waals surface area contributed by atoms with Gasteiger partial charge >= 0.3 is 0 Å². The molecule has 2 aromatic heterocycles. The van der Waals surface area contributed by atoms with Crippen LogP contribution in [0.25, 0.3) is 33.9 Å². The Morgan fingerprint density at radius 2 is 1.70 bits per heavy atom. The highest BCUT2D eigenvalue weighted by Gasteiger charge is 2.13. The fraction of sp³-hybridized carbons (Fsp3) is 0. The van der Waals surface area contributed by atoms with Crippen molar-refractivity contribution in [1.29, 1.82) is 0 Å². The highest BCUT2D eigenvalue weighted by atomic mass is 16.3. The minimum atomic E-state index is 0.625. The van der Waals surface area contributed by atoms with Crippen LogP contribution in [0.1, 0.15) is 0 Å². The van der Waals surface area contributed by atoms with E-state index in [9.17, 15) is 0 Å². The Bertz CT molecular complexity index is 845. The summed E-state index contributed by atoms with van der Waals surface area (Å²) in [5.74, 6) is 1.42. The second kappa shape index (κ2) is 4.38. The summed E-state index contributed by atoms with van der Waals surface area (Å²) in [6.07, 6.45) is 1.66. The number of furan rings is 1. The molecule has 0 unspecified atom stereocenters. The molecule has 0 saturated carbocycles. The molecule has 0 N–H and O–H groups in total. The van der Waals surface area contributed by atoms with Gasteiger partial charge in [0.25, 0.3) is 0 Å². The smallest absolute Gasteiger partial charge is 0.227 e. The summed E-state index contributed by atoms with van der Waals surface area (Å²) in [5.41, 5.74) is 3.49. The molecule has 20 heavy (non-hydrogen) atoms. The third-order valence-electron chi connectivity index (χ3n) is 3.23. The Morgan fingerprint density at radius 1 is 0.800 bits per heavy atom. The van der Waals surface area contributed by atoms with Crippen LogP contribution in [0, 0.1) is 0 Å². The number of nitrogens with zero attached hydrogens (tertiary/aromatic N) is 1. The van der Waals surface area contributed by atoms with Gasteiger partial charge in [-0.1, -0.05) is 24.3 Å². The van der Waals surface area contributed by atoms with Crippen LogP contribution in [0.4, 0.5) is 0 Å². The molecule has 0 amide bonds. The molecule has 0 saturated heterocycles. The van der Waals surface area contributed by atoms with Gasteiger partial charge < -0.3 is 8.83 Å². The highest BCUT2D eigenvalue weighted by molar-refractivity contribution is 5.90. The van der Waals surface area contributed by atoms with E-state index in [1.165, 1.54) is 0 Å². The largest absolute Gasteiger partial charge is 0.464 e. The van der Waals surface area contributed by atoms with Crippen LogP contribution in [0.15, 0.2) is 75.8 Å². The van der Waals surface area contributed by atoms with Crippen molar-refractivity contribution in [2.75, 3.05) is 0 Å². The number of rotatable bonds is 2. The molecule has 2 heterocycles. The van der Waals surface area contributed by atoms with E-state index in [2.05, 4.69) is 4.98 Å². The van der Waals surface area contributed by atoms with E-state index < -0.39 is 0 Å². The van der Waals surface area contributed by atoms with E-state index in [4.69, 9.17) is 8.83 Å². The second-order valence-corrected chi connectivity index (χ2v) is 4.51. The van der Waals surface area contributed by atoms with E-state index in [1.807, 2.05) is 60.7 Å². The number of fused-ring (bicyclic) bond motifs is 1. The predicted molar refractivity (Wildman–Crippen MR) is 77.1 cm³/mol. The Balaban J connectivity index is 1.94. The first-order valence-corrected chi connectivity index (χ1v) is 6.41. The van der Waals surface area contributed by atoms with E-state index in [0.29, 0.717) is 5.89 Å². The van der Waals surface area contributed by atoms with Crippen molar-refractivity contribution in [3.63, 3.8) is 0 Å². The third-order valence-corrected chi connectivity index (χ3v) is 3.23. The molecule has 0 aliphatic carbocycles. The predicted octanol–water partition coefficient (Wildman–Crippen LogP) is 4.75. The number of hydrogen-bond donors (Lipinski definition) is 0. The lowest BCUT2D eigenvalue weighted by Crippen LogP contribution is -1.78. The van der Waals surface area contributed by atoms with E-state index in [0.717, 1.165) is 28.0 Å². The molecule has 0 aliphatic heterocycles. The molecule has 0 aliphatic rings. The second-order valence-electron chi connectivity index (χ2n) is 4.51. The first-order valence-electron chi connectivity index (χ1n) is 6.41. The zero-order valence-corrected chi connectivity index (χ0v) is 10.6. The molecule has 0 spiro atoms. The molecule has 0 radical (unpaired) electrons. The molecule has 4 rings (SSSR count). The molecule has 2 aromatic carbocycles. The number of oxazole rings is 1. The number of aromatic nitrogens is 1. The minimum Gasteiger partial charge on any atom is -0.464 e. The van der Waals surface area contributed by atoms with Crippen molar-refractivity contribution in [1.82, 2.24) is 4.98 Å². The zero-order valence-electron chi connectivity index (χ0n) is 10.6. The Kier molecular flexibility index (Phi) is 2.42. The first kappa shape index (κ1) is 11.1. The van der Waals surface area contributed by atoms with Crippen LogP contribution < -0.4 is 0 Å². The van der Waals surface area contributed by atoms with E-state index >= 15 is 0 Å². The lowest BCUT2D eigenvalue weighted by molar-refractivity contribution is 0.583. The maximum atomic E-state index is 5.84. The molecule has 0 atom stereocenters. The summed E-state index contributed by atoms with van der Waals surface area (Å²) in [6, 6.07) is 19.5. The molecule has 3 nitrogen and oxygen atoms in total. The van der Waals surface area contributed by atoms with Crippen molar-refractivity contribution in [2.24, 2.45) is 0 Å². The standard InChI is InChI=1S/C17H11NO2/c1-2-6-12(7-3-1)17-18-16-13(14-10-5-11-19-14)8-4-9-15(16)20-17/h1-11H. The molecule has 3 heteroatoms. The van der Waals surface area contributed by atoms with E-state index in [-0.39, 0.29) is 0 Å². The number of para-hydroxylation sites is 1. The van der Waals surface area contributed by atoms with Gasteiger partial charge in [0.05, 0.1) is 6.26 Å². The van der Waals surface area contributed by atoms with Crippen LogP contribution in [-0.2, 0) is 0 Å². The van der Waals surface area contributed by atoms with Crippen LogP contribution in [0.2, 0.25) is 0 Å². The maximum absolute atomic E-state index is 5.84. The SMILES string of the molecule is c1ccc(-c2nc3c(-c4ccco4)cccc3o2)cc1. The average molecular weight is 261 g/mol.